The number of anilines is 3. The number of nitrogens with one attached hydrogen (secondary N) is 1. The largest absolute Gasteiger partial charge is 0.496 e. The van der Waals surface area contributed by atoms with Gasteiger partial charge in [-0.3, -0.25) is 0 Å². The number of hydrogen-bond donors (Lipinski definition) is 1. The number of ether oxygens (including phenoxy) is 3. The van der Waals surface area contributed by atoms with Crippen molar-refractivity contribution in [1.82, 2.24) is 15.0 Å². The zero-order valence-corrected chi connectivity index (χ0v) is 18.6. The lowest BCUT2D eigenvalue weighted by Crippen LogP contribution is -2.40. The van der Waals surface area contributed by atoms with Crippen molar-refractivity contribution in [1.29, 1.82) is 0 Å². The molecule has 1 aromatic heterocycles. The van der Waals surface area contributed by atoms with Crippen LogP contribution >= 0.6 is 0 Å². The number of rotatable bonds is 6. The maximum Gasteiger partial charge on any atom is 0.250 e. The van der Waals surface area contributed by atoms with Crippen molar-refractivity contribution in [3.05, 3.63) is 42.0 Å². The minimum absolute atomic E-state index is 0.405. The molecule has 0 bridgehead atoms. The Morgan fingerprint density at radius 2 is 1.45 bits per heavy atom. The normalized spacial score (nSPS) is 17.0. The second kappa shape index (κ2) is 9.97. The van der Waals surface area contributed by atoms with Crippen molar-refractivity contribution in [2.75, 3.05) is 74.9 Å². The summed E-state index contributed by atoms with van der Waals surface area (Å²) < 4.78 is 16.4. The molecule has 3 heterocycles. The minimum atomic E-state index is 0.405. The molecule has 0 spiro atoms. The van der Waals surface area contributed by atoms with E-state index in [0.29, 0.717) is 44.3 Å². The van der Waals surface area contributed by atoms with E-state index in [-0.39, 0.29) is 0 Å². The summed E-state index contributed by atoms with van der Waals surface area (Å²) in [7, 11) is 1.68. The molecule has 10 heteroatoms. The fourth-order valence-corrected chi connectivity index (χ4v) is 3.96. The highest BCUT2D eigenvalue weighted by Crippen LogP contribution is 2.27. The maximum absolute atomic E-state index is 5.48. The van der Waals surface area contributed by atoms with Gasteiger partial charge in [0.15, 0.2) is 0 Å². The molecule has 33 heavy (non-hydrogen) atoms. The van der Waals surface area contributed by atoms with E-state index < -0.39 is 0 Å². The van der Waals surface area contributed by atoms with Gasteiger partial charge in [0.1, 0.15) is 5.75 Å². The summed E-state index contributed by atoms with van der Waals surface area (Å²) in [6.45, 7) is 5.60. The minimum Gasteiger partial charge on any atom is -0.496 e. The van der Waals surface area contributed by atoms with Crippen LogP contribution in [0.3, 0.4) is 0 Å². The Labute approximate surface area is 192 Å². The number of morpholine rings is 2. The lowest BCUT2D eigenvalue weighted by Gasteiger charge is -2.30. The summed E-state index contributed by atoms with van der Waals surface area (Å²) >= 11 is 0. The summed E-state index contributed by atoms with van der Waals surface area (Å²) in [6.07, 6.45) is 1.77. The molecule has 2 aliphatic heterocycles. The second-order valence-electron chi connectivity index (χ2n) is 7.73. The van der Waals surface area contributed by atoms with Crippen LogP contribution in [0.4, 0.5) is 17.8 Å². The summed E-state index contributed by atoms with van der Waals surface area (Å²) in [4.78, 5) is 18.2. The third-order valence-electron chi connectivity index (χ3n) is 5.71. The molecule has 0 unspecified atom stereocenters. The Hall–Kier alpha value is -3.50. The fraction of sp³-hybridized carbons (Fsp3) is 0.391. The van der Waals surface area contributed by atoms with Gasteiger partial charge in [-0.05, 0) is 17.5 Å². The van der Waals surface area contributed by atoms with Gasteiger partial charge in [0.05, 0.1) is 39.8 Å². The predicted molar refractivity (Wildman–Crippen MR) is 128 cm³/mol. The second-order valence-corrected chi connectivity index (χ2v) is 7.73. The van der Waals surface area contributed by atoms with Crippen LogP contribution < -0.4 is 20.0 Å². The molecule has 172 valence electrons. The molecule has 0 atom stereocenters. The number of hydrazone groups is 1. The van der Waals surface area contributed by atoms with Crippen LogP contribution in [0.1, 0.15) is 5.56 Å². The van der Waals surface area contributed by atoms with Crippen molar-refractivity contribution >= 4 is 34.8 Å². The van der Waals surface area contributed by atoms with Gasteiger partial charge >= 0.3 is 0 Å². The molecule has 0 saturated carbocycles. The third-order valence-corrected chi connectivity index (χ3v) is 5.71. The van der Waals surface area contributed by atoms with Gasteiger partial charge in [0, 0.05) is 37.1 Å². The van der Waals surface area contributed by atoms with Crippen LogP contribution in [0.25, 0.3) is 10.8 Å². The van der Waals surface area contributed by atoms with E-state index in [1.54, 1.807) is 13.3 Å². The van der Waals surface area contributed by atoms with Crippen molar-refractivity contribution in [2.45, 2.75) is 0 Å². The summed E-state index contributed by atoms with van der Waals surface area (Å²) in [5.41, 5.74) is 3.97. The van der Waals surface area contributed by atoms with Crippen LogP contribution in [0.2, 0.25) is 0 Å². The molecular formula is C23H27N7O3. The highest BCUT2D eigenvalue weighted by molar-refractivity contribution is 6.02. The molecule has 2 fully saturated rings. The zero-order valence-electron chi connectivity index (χ0n) is 18.6. The predicted octanol–water partition coefficient (Wildman–Crippen LogP) is 2.15. The van der Waals surface area contributed by atoms with Crippen LogP contribution in [-0.4, -0.2) is 80.9 Å². The number of fused-ring (bicyclic) bond motifs is 1. The Morgan fingerprint density at radius 3 is 2.06 bits per heavy atom. The van der Waals surface area contributed by atoms with Crippen molar-refractivity contribution in [3.8, 4) is 5.75 Å². The average Bonchev–Trinajstić information content (AvgIpc) is 2.89. The smallest absolute Gasteiger partial charge is 0.250 e. The van der Waals surface area contributed by atoms with E-state index in [4.69, 9.17) is 19.2 Å². The van der Waals surface area contributed by atoms with Gasteiger partial charge in [-0.1, -0.05) is 24.3 Å². The summed E-state index contributed by atoms with van der Waals surface area (Å²) in [5, 5.41) is 6.53. The van der Waals surface area contributed by atoms with Crippen molar-refractivity contribution < 1.29 is 14.2 Å². The Bertz CT molecular complexity index is 1090. The fourth-order valence-electron chi connectivity index (χ4n) is 3.96. The van der Waals surface area contributed by atoms with Crippen LogP contribution in [-0.2, 0) is 9.47 Å². The van der Waals surface area contributed by atoms with E-state index in [1.165, 1.54) is 0 Å². The summed E-state index contributed by atoms with van der Waals surface area (Å²) in [5.74, 6) is 2.49. The number of methoxy groups -OCH3 is 1. The molecule has 3 aromatic rings. The Balaban J connectivity index is 1.41. The Kier molecular flexibility index (Phi) is 6.45. The first-order valence-electron chi connectivity index (χ1n) is 11.1. The van der Waals surface area contributed by atoms with Gasteiger partial charge in [0.25, 0.3) is 0 Å². The molecule has 2 aromatic carbocycles. The average molecular weight is 450 g/mol. The number of benzene rings is 2. The Morgan fingerprint density at radius 1 is 0.848 bits per heavy atom. The topological polar surface area (TPSA) is 97.2 Å². The standard InChI is InChI=1S/C23H27N7O3/c1-31-20-7-6-17(18-4-2-3-5-19(18)20)16-24-28-21-25-22(29-8-12-32-13-9-29)27-23(26-21)30-10-14-33-15-11-30/h2-7,16H,8-15H2,1H3,(H,25,26,27,28)/b24-16-. The molecule has 1 N–H and O–H groups in total. The van der Waals surface area contributed by atoms with Crippen molar-refractivity contribution in [2.24, 2.45) is 5.10 Å². The lowest BCUT2D eigenvalue weighted by molar-refractivity contribution is 0.121. The van der Waals surface area contributed by atoms with Gasteiger partial charge in [-0.25, -0.2) is 5.43 Å². The van der Waals surface area contributed by atoms with E-state index in [9.17, 15) is 0 Å². The first-order chi connectivity index (χ1) is 16.3. The van der Waals surface area contributed by atoms with E-state index in [2.05, 4.69) is 36.4 Å². The van der Waals surface area contributed by atoms with Crippen LogP contribution in [0.5, 0.6) is 5.75 Å². The maximum atomic E-state index is 5.48. The molecule has 0 aliphatic carbocycles. The molecule has 10 nitrogen and oxygen atoms in total. The number of hydrogen-bond acceptors (Lipinski definition) is 10. The van der Waals surface area contributed by atoms with Crippen LogP contribution in [0, 0.1) is 0 Å². The first kappa shape index (κ1) is 21.4. The molecule has 2 saturated heterocycles. The number of aromatic nitrogens is 3. The SMILES string of the molecule is COc1ccc(/C=N\Nc2nc(N3CCOCC3)nc(N3CCOCC3)n2)c2ccccc12. The zero-order chi connectivity index (χ0) is 22.5. The lowest BCUT2D eigenvalue weighted by atomic mass is 10.0. The van der Waals surface area contributed by atoms with Gasteiger partial charge in [-0.2, -0.15) is 20.1 Å². The van der Waals surface area contributed by atoms with Crippen molar-refractivity contribution in [3.63, 3.8) is 0 Å². The van der Waals surface area contributed by atoms with Crippen LogP contribution in [0.15, 0.2) is 41.5 Å². The molecule has 0 amide bonds. The summed E-state index contributed by atoms with van der Waals surface area (Å²) in [6, 6.07) is 12.0. The molecular weight excluding hydrogens is 422 g/mol. The molecule has 2 aliphatic rings. The monoisotopic (exact) mass is 449 g/mol. The third kappa shape index (κ3) is 4.81. The van der Waals surface area contributed by atoms with E-state index in [1.807, 2.05) is 30.3 Å². The van der Waals surface area contributed by atoms with Gasteiger partial charge < -0.3 is 24.0 Å². The number of nitrogens with zero attached hydrogens (tertiary/aromatic N) is 6. The van der Waals surface area contributed by atoms with Gasteiger partial charge in [-0.15, -0.1) is 0 Å². The highest BCUT2D eigenvalue weighted by Gasteiger charge is 2.20. The van der Waals surface area contributed by atoms with E-state index >= 15 is 0 Å². The van der Waals surface area contributed by atoms with E-state index in [0.717, 1.165) is 48.3 Å². The molecule has 5 rings (SSSR count). The first-order valence-corrected chi connectivity index (χ1v) is 11.1. The molecule has 0 radical (unpaired) electrons. The van der Waals surface area contributed by atoms with Gasteiger partial charge in [0.2, 0.25) is 17.8 Å². The highest BCUT2D eigenvalue weighted by atomic mass is 16.5. The quantitative estimate of drug-likeness (QED) is 0.448.